The molecule has 0 saturated heterocycles. The normalized spacial score (nSPS) is 10.3. The third kappa shape index (κ3) is 1.63. The molecule has 0 aliphatic heterocycles. The predicted molar refractivity (Wildman–Crippen MR) is 57.4 cm³/mol. The molecule has 0 radical (unpaired) electrons. The predicted octanol–water partition coefficient (Wildman–Crippen LogP) is 1.07. The highest BCUT2D eigenvalue weighted by atomic mass is 16.5. The van der Waals surface area contributed by atoms with Gasteiger partial charge in [-0.1, -0.05) is 0 Å². The summed E-state index contributed by atoms with van der Waals surface area (Å²) < 4.78 is 6.78. The Balaban J connectivity index is 2.47. The number of aryl methyl sites for hydroxylation is 1. The van der Waals surface area contributed by atoms with Gasteiger partial charge in [0.15, 0.2) is 5.82 Å². The lowest BCUT2D eigenvalue weighted by atomic mass is 10.2. The Morgan fingerprint density at radius 2 is 2.20 bits per heavy atom. The number of anilines is 1. The van der Waals surface area contributed by atoms with E-state index in [-0.39, 0.29) is 0 Å². The number of hydrogen-bond acceptors (Lipinski definition) is 4. The first-order chi connectivity index (χ1) is 7.22. The van der Waals surface area contributed by atoms with Crippen LogP contribution in [-0.2, 0) is 7.05 Å². The van der Waals surface area contributed by atoms with Crippen molar-refractivity contribution < 1.29 is 4.74 Å². The Kier molecular flexibility index (Phi) is 2.29. The lowest BCUT2D eigenvalue weighted by molar-refractivity contribution is 0.417. The van der Waals surface area contributed by atoms with E-state index in [0.29, 0.717) is 11.4 Å². The van der Waals surface area contributed by atoms with Crippen molar-refractivity contribution >= 4 is 5.69 Å². The van der Waals surface area contributed by atoms with Crippen molar-refractivity contribution in [2.45, 2.75) is 0 Å². The minimum Gasteiger partial charge on any atom is -0.495 e. The highest BCUT2D eigenvalue weighted by Crippen LogP contribution is 2.26. The number of methoxy groups -OCH3 is 1. The molecule has 2 N–H and O–H groups in total. The molecule has 0 aliphatic carbocycles. The molecule has 0 bridgehead atoms. The monoisotopic (exact) mass is 204 g/mol. The van der Waals surface area contributed by atoms with Crippen LogP contribution in [0.1, 0.15) is 0 Å². The summed E-state index contributed by atoms with van der Waals surface area (Å²) >= 11 is 0. The van der Waals surface area contributed by atoms with Gasteiger partial charge in [0.25, 0.3) is 0 Å². The zero-order valence-corrected chi connectivity index (χ0v) is 8.64. The van der Waals surface area contributed by atoms with Crippen molar-refractivity contribution in [3.63, 3.8) is 0 Å². The fourth-order valence-electron chi connectivity index (χ4n) is 1.43. The van der Waals surface area contributed by atoms with Crippen LogP contribution in [0.4, 0.5) is 5.69 Å². The maximum absolute atomic E-state index is 5.81. The van der Waals surface area contributed by atoms with E-state index in [0.717, 1.165) is 11.4 Å². The van der Waals surface area contributed by atoms with E-state index < -0.39 is 0 Å². The average molecular weight is 204 g/mol. The van der Waals surface area contributed by atoms with E-state index in [2.05, 4.69) is 10.1 Å². The third-order valence-electron chi connectivity index (χ3n) is 2.20. The van der Waals surface area contributed by atoms with Gasteiger partial charge in [0, 0.05) is 12.6 Å². The second-order valence-corrected chi connectivity index (χ2v) is 3.16. The van der Waals surface area contributed by atoms with Gasteiger partial charge in [0.1, 0.15) is 12.1 Å². The van der Waals surface area contributed by atoms with Crippen molar-refractivity contribution in [2.24, 2.45) is 7.05 Å². The lowest BCUT2D eigenvalue weighted by Gasteiger charge is -2.06. The van der Waals surface area contributed by atoms with Gasteiger partial charge in [-0.3, -0.25) is 0 Å². The number of rotatable bonds is 2. The van der Waals surface area contributed by atoms with Crippen LogP contribution in [0, 0.1) is 0 Å². The molecule has 1 heterocycles. The molecule has 0 fully saturated rings. The SMILES string of the molecule is COc1ccc(-c2ncnn2C)cc1N. The molecule has 5 heteroatoms. The van der Waals surface area contributed by atoms with Crippen LogP contribution in [0.2, 0.25) is 0 Å². The van der Waals surface area contributed by atoms with E-state index in [1.807, 2.05) is 25.2 Å². The van der Waals surface area contributed by atoms with Gasteiger partial charge in [0.05, 0.1) is 12.8 Å². The van der Waals surface area contributed by atoms with Crippen molar-refractivity contribution in [3.05, 3.63) is 24.5 Å². The Labute approximate surface area is 87.5 Å². The summed E-state index contributed by atoms with van der Waals surface area (Å²) in [5.74, 6) is 1.45. The smallest absolute Gasteiger partial charge is 0.157 e. The first-order valence-corrected chi connectivity index (χ1v) is 4.50. The maximum Gasteiger partial charge on any atom is 0.157 e. The first kappa shape index (κ1) is 9.51. The van der Waals surface area contributed by atoms with Gasteiger partial charge in [-0.05, 0) is 18.2 Å². The highest BCUT2D eigenvalue weighted by Gasteiger charge is 2.06. The highest BCUT2D eigenvalue weighted by molar-refractivity contribution is 5.66. The molecule has 78 valence electrons. The van der Waals surface area contributed by atoms with Crippen LogP contribution < -0.4 is 10.5 Å². The number of aromatic nitrogens is 3. The van der Waals surface area contributed by atoms with Crippen LogP contribution in [0.3, 0.4) is 0 Å². The molecule has 2 aromatic rings. The molecule has 1 aromatic heterocycles. The van der Waals surface area contributed by atoms with Gasteiger partial charge in [0.2, 0.25) is 0 Å². The summed E-state index contributed by atoms with van der Waals surface area (Å²) in [5.41, 5.74) is 7.33. The summed E-state index contributed by atoms with van der Waals surface area (Å²) in [6.07, 6.45) is 1.51. The van der Waals surface area contributed by atoms with Gasteiger partial charge < -0.3 is 10.5 Å². The molecule has 2 rings (SSSR count). The Hall–Kier alpha value is -2.04. The van der Waals surface area contributed by atoms with Crippen LogP contribution >= 0.6 is 0 Å². The average Bonchev–Trinajstić information content (AvgIpc) is 2.64. The van der Waals surface area contributed by atoms with Crippen LogP contribution in [-0.4, -0.2) is 21.9 Å². The van der Waals surface area contributed by atoms with E-state index in [9.17, 15) is 0 Å². The van der Waals surface area contributed by atoms with E-state index in [1.54, 1.807) is 11.8 Å². The molecule has 5 nitrogen and oxygen atoms in total. The molecular weight excluding hydrogens is 192 g/mol. The summed E-state index contributed by atoms with van der Waals surface area (Å²) in [6.45, 7) is 0. The molecule has 1 aromatic carbocycles. The first-order valence-electron chi connectivity index (χ1n) is 4.50. The fourth-order valence-corrected chi connectivity index (χ4v) is 1.43. The van der Waals surface area contributed by atoms with Crippen LogP contribution in [0.5, 0.6) is 5.75 Å². The standard InChI is InChI=1S/C10H12N4O/c1-14-10(12-6-13-14)7-3-4-9(15-2)8(11)5-7/h3-6H,11H2,1-2H3. The largest absolute Gasteiger partial charge is 0.495 e. The number of ether oxygens (including phenoxy) is 1. The van der Waals surface area contributed by atoms with Crippen molar-refractivity contribution in [2.75, 3.05) is 12.8 Å². The lowest BCUT2D eigenvalue weighted by Crippen LogP contribution is -1.97. The number of nitrogen functional groups attached to an aromatic ring is 1. The van der Waals surface area contributed by atoms with Gasteiger partial charge >= 0.3 is 0 Å². The Morgan fingerprint density at radius 3 is 2.73 bits per heavy atom. The van der Waals surface area contributed by atoms with Crippen molar-refractivity contribution in [1.82, 2.24) is 14.8 Å². The number of nitrogens with zero attached hydrogens (tertiary/aromatic N) is 3. The molecule has 0 amide bonds. The second kappa shape index (κ2) is 3.61. The van der Waals surface area contributed by atoms with E-state index in [1.165, 1.54) is 6.33 Å². The number of benzene rings is 1. The molecular formula is C10H12N4O. The molecule has 0 atom stereocenters. The zero-order chi connectivity index (χ0) is 10.8. The fraction of sp³-hybridized carbons (Fsp3) is 0.200. The van der Waals surface area contributed by atoms with E-state index >= 15 is 0 Å². The topological polar surface area (TPSA) is 66.0 Å². The van der Waals surface area contributed by atoms with Crippen molar-refractivity contribution in [3.8, 4) is 17.1 Å². The summed E-state index contributed by atoms with van der Waals surface area (Å²) in [7, 11) is 3.43. The quantitative estimate of drug-likeness (QED) is 0.743. The summed E-state index contributed by atoms with van der Waals surface area (Å²) in [5, 5.41) is 4.00. The number of nitrogens with two attached hydrogens (primary N) is 1. The minimum absolute atomic E-state index is 0.595. The summed E-state index contributed by atoms with van der Waals surface area (Å²) in [6, 6.07) is 5.54. The Morgan fingerprint density at radius 1 is 1.40 bits per heavy atom. The molecule has 0 saturated carbocycles. The molecule has 0 spiro atoms. The third-order valence-corrected chi connectivity index (χ3v) is 2.20. The van der Waals surface area contributed by atoms with Gasteiger partial charge in [-0.2, -0.15) is 5.10 Å². The minimum atomic E-state index is 0.595. The Bertz CT molecular complexity index is 478. The van der Waals surface area contributed by atoms with Crippen LogP contribution in [0.15, 0.2) is 24.5 Å². The van der Waals surface area contributed by atoms with E-state index in [4.69, 9.17) is 10.5 Å². The molecule has 0 unspecified atom stereocenters. The molecule has 0 aliphatic rings. The van der Waals surface area contributed by atoms with Crippen LogP contribution in [0.25, 0.3) is 11.4 Å². The molecule has 15 heavy (non-hydrogen) atoms. The maximum atomic E-state index is 5.81. The van der Waals surface area contributed by atoms with Crippen molar-refractivity contribution in [1.29, 1.82) is 0 Å². The van der Waals surface area contributed by atoms with Gasteiger partial charge in [-0.15, -0.1) is 0 Å². The number of hydrogen-bond donors (Lipinski definition) is 1. The van der Waals surface area contributed by atoms with Gasteiger partial charge in [-0.25, -0.2) is 9.67 Å². The second-order valence-electron chi connectivity index (χ2n) is 3.16. The summed E-state index contributed by atoms with van der Waals surface area (Å²) in [4.78, 5) is 4.14. The zero-order valence-electron chi connectivity index (χ0n) is 8.64.